The van der Waals surface area contributed by atoms with E-state index in [1.807, 2.05) is 6.08 Å². The summed E-state index contributed by atoms with van der Waals surface area (Å²) in [6.07, 6.45) is 5.57. The van der Waals surface area contributed by atoms with Gasteiger partial charge in [-0.2, -0.15) is 0 Å². The molecule has 0 aliphatic heterocycles. The van der Waals surface area contributed by atoms with Crippen molar-refractivity contribution < 1.29 is 14.7 Å². The lowest BCUT2D eigenvalue weighted by Gasteiger charge is -2.00. The maximum atomic E-state index is 11.3. The van der Waals surface area contributed by atoms with Gasteiger partial charge < -0.3 is 10.4 Å². The molecule has 0 spiro atoms. The summed E-state index contributed by atoms with van der Waals surface area (Å²) in [5, 5.41) is 11.7. The third-order valence-corrected chi connectivity index (χ3v) is 2.80. The lowest BCUT2D eigenvalue weighted by molar-refractivity contribution is -0.118. The number of amides is 1. The molecule has 0 fully saturated rings. The largest absolute Gasteiger partial charge is 0.393 e. The first-order valence-electron chi connectivity index (χ1n) is 5.78. The van der Waals surface area contributed by atoms with E-state index in [0.29, 0.717) is 12.3 Å². The number of carbonyl (C=O) groups is 2. The maximum Gasteiger partial charge on any atom is 0.216 e. The fourth-order valence-electron chi connectivity index (χ4n) is 1.14. The standard InChI is InChI=1S/C12H21NO3S/c1-10(14)6-4-3-5-7-12(16)17-9-8-13-11(2)15/h5,7,10,14H,3-4,6,8-9H2,1-2H3,(H,13,15)/b7-5+/t10-/m0/s1/i6+1,10+1,14+2. The van der Waals surface area contributed by atoms with Crippen LogP contribution in [0.2, 0.25) is 0 Å². The molecule has 0 aliphatic carbocycles. The predicted molar refractivity (Wildman–Crippen MR) is 70.8 cm³/mol. The van der Waals surface area contributed by atoms with Gasteiger partial charge in [0.2, 0.25) is 11.0 Å². The highest BCUT2D eigenvalue weighted by Crippen LogP contribution is 2.05. The fraction of sp³-hybridized carbons (Fsp3) is 0.667. The van der Waals surface area contributed by atoms with Crippen molar-refractivity contribution in [2.75, 3.05) is 12.3 Å². The monoisotopic (exact) mass is 263 g/mol. The van der Waals surface area contributed by atoms with Gasteiger partial charge in [-0.1, -0.05) is 17.8 Å². The zero-order chi connectivity index (χ0) is 13.1. The van der Waals surface area contributed by atoms with Gasteiger partial charge in [-0.05, 0) is 32.3 Å². The first kappa shape index (κ1) is 16.2. The van der Waals surface area contributed by atoms with Crippen LogP contribution in [0.5, 0.6) is 0 Å². The van der Waals surface area contributed by atoms with E-state index in [1.165, 1.54) is 18.7 Å². The number of nitrogens with one attached hydrogen (secondary N) is 1. The van der Waals surface area contributed by atoms with Crippen LogP contribution in [0, 0.1) is 0 Å². The highest BCUT2D eigenvalue weighted by atomic mass is 32.2. The van der Waals surface area contributed by atoms with Crippen molar-refractivity contribution >= 4 is 22.8 Å². The quantitative estimate of drug-likeness (QED) is 0.301. The van der Waals surface area contributed by atoms with E-state index in [2.05, 4.69) is 5.32 Å². The second kappa shape index (κ2) is 10.4. The minimum Gasteiger partial charge on any atom is -0.393 e. The van der Waals surface area contributed by atoms with E-state index < -0.39 is 0 Å². The molecule has 1 amide bonds. The van der Waals surface area contributed by atoms with E-state index in [4.69, 9.17) is 5.11 Å². The van der Waals surface area contributed by atoms with Crippen molar-refractivity contribution in [1.29, 1.82) is 0 Å². The number of aliphatic hydroxyl groups excluding tert-OH is 1. The summed E-state index contributed by atoms with van der Waals surface area (Å²) < 4.78 is 0. The van der Waals surface area contributed by atoms with Gasteiger partial charge in [-0.15, -0.1) is 0 Å². The van der Waals surface area contributed by atoms with Crippen LogP contribution >= 0.6 is 11.8 Å². The van der Waals surface area contributed by atoms with Gasteiger partial charge >= 0.3 is 0 Å². The molecular formula is C12H21NO3S. The normalized spacial score (nSPS) is 12.6. The Morgan fingerprint density at radius 1 is 1.47 bits per heavy atom. The third kappa shape index (κ3) is 13.1. The SMILES string of the molecule is CC(=O)NCCSC(=O)/C=C/CC[13CH2][13C@H](C)[18OH]. The van der Waals surface area contributed by atoms with Crippen LogP contribution in [0.4, 0.5) is 0 Å². The summed E-state index contributed by atoms with van der Waals surface area (Å²) in [4.78, 5) is 21.8. The van der Waals surface area contributed by atoms with Crippen molar-refractivity contribution in [2.45, 2.75) is 39.2 Å². The van der Waals surface area contributed by atoms with Gasteiger partial charge in [0.15, 0.2) is 0 Å². The number of allylic oxidation sites excluding steroid dienone is 1. The van der Waals surface area contributed by atoms with Crippen LogP contribution in [0.25, 0.3) is 0 Å². The van der Waals surface area contributed by atoms with Gasteiger partial charge in [0.1, 0.15) is 0 Å². The Bertz CT molecular complexity index is 264. The van der Waals surface area contributed by atoms with E-state index in [1.54, 1.807) is 13.0 Å². The summed E-state index contributed by atoms with van der Waals surface area (Å²) in [6, 6.07) is 0. The van der Waals surface area contributed by atoms with Gasteiger partial charge in [-0.3, -0.25) is 9.59 Å². The topological polar surface area (TPSA) is 66.4 Å². The van der Waals surface area contributed by atoms with Gasteiger partial charge in [0.25, 0.3) is 0 Å². The van der Waals surface area contributed by atoms with Gasteiger partial charge in [0.05, 0.1) is 6.10 Å². The summed E-state index contributed by atoms with van der Waals surface area (Å²) in [6.45, 7) is 3.73. The second-order valence-electron chi connectivity index (χ2n) is 3.83. The number of unbranched alkanes of at least 4 members (excludes halogenated alkanes) is 1. The number of carbonyl (C=O) groups excluding carboxylic acids is 2. The van der Waals surface area contributed by atoms with E-state index in [-0.39, 0.29) is 17.1 Å². The lowest BCUT2D eigenvalue weighted by Crippen LogP contribution is -2.22. The molecule has 0 rings (SSSR count). The Balaban J connectivity index is 3.44. The number of hydrogen-bond acceptors (Lipinski definition) is 4. The second-order valence-corrected chi connectivity index (χ2v) is 4.93. The molecule has 0 aromatic carbocycles. The molecule has 0 saturated carbocycles. The third-order valence-electron chi connectivity index (χ3n) is 1.97. The van der Waals surface area contributed by atoms with Crippen LogP contribution in [0.1, 0.15) is 33.1 Å². The molecule has 0 saturated heterocycles. The Hall–Kier alpha value is -0.810. The fourth-order valence-corrected chi connectivity index (χ4v) is 1.74. The molecule has 5 heteroatoms. The maximum absolute atomic E-state index is 11.3. The first-order valence-corrected chi connectivity index (χ1v) is 6.76. The van der Waals surface area contributed by atoms with Gasteiger partial charge in [-0.25, -0.2) is 0 Å². The van der Waals surface area contributed by atoms with E-state index in [9.17, 15) is 9.59 Å². The van der Waals surface area contributed by atoms with Crippen molar-refractivity contribution in [1.82, 2.24) is 5.32 Å². The Morgan fingerprint density at radius 2 is 2.18 bits per heavy atom. The summed E-state index contributed by atoms with van der Waals surface area (Å²) in [5.74, 6) is 0.517. The average Bonchev–Trinajstić information content (AvgIpc) is 2.23. The Labute approximate surface area is 107 Å². The number of hydrogen-bond donors (Lipinski definition) is 2. The highest BCUT2D eigenvalue weighted by Gasteiger charge is 1.98. The molecule has 1 atom stereocenters. The minimum absolute atomic E-state index is 0.00685. The molecule has 0 aromatic rings. The molecule has 0 aromatic heterocycles. The zero-order valence-corrected chi connectivity index (χ0v) is 11.3. The molecule has 0 unspecified atom stereocenters. The molecule has 4 nitrogen and oxygen atoms in total. The van der Waals surface area contributed by atoms with Crippen molar-refractivity contribution in [3.8, 4) is 0 Å². The van der Waals surface area contributed by atoms with Crippen LogP contribution in [-0.2, 0) is 9.59 Å². The highest BCUT2D eigenvalue weighted by molar-refractivity contribution is 8.14. The summed E-state index contributed by atoms with van der Waals surface area (Å²) >= 11 is 1.19. The average molecular weight is 263 g/mol. The Kier molecular flexibility index (Phi) is 9.86. The summed E-state index contributed by atoms with van der Waals surface area (Å²) in [7, 11) is 0. The van der Waals surface area contributed by atoms with Crippen LogP contribution < -0.4 is 5.32 Å². The first-order chi connectivity index (χ1) is 8.02. The molecule has 0 heterocycles. The summed E-state index contributed by atoms with van der Waals surface area (Å²) in [5.41, 5.74) is 0. The van der Waals surface area contributed by atoms with Crippen LogP contribution in [-0.4, -0.2) is 34.5 Å². The zero-order valence-electron chi connectivity index (χ0n) is 10.4. The molecule has 0 bridgehead atoms. The number of aliphatic hydroxyl groups is 1. The molecule has 2 N–H and O–H groups in total. The molecular weight excluding hydrogens is 242 g/mol. The number of rotatable bonds is 8. The van der Waals surface area contributed by atoms with Gasteiger partial charge in [0, 0.05) is 19.2 Å². The minimum atomic E-state index is -0.272. The van der Waals surface area contributed by atoms with E-state index in [0.717, 1.165) is 19.3 Å². The van der Waals surface area contributed by atoms with Crippen LogP contribution in [0.3, 0.4) is 0 Å². The predicted octanol–water partition coefficient (Wildman–Crippen LogP) is 1.49. The Morgan fingerprint density at radius 3 is 2.76 bits per heavy atom. The van der Waals surface area contributed by atoms with Crippen molar-refractivity contribution in [3.05, 3.63) is 12.2 Å². The van der Waals surface area contributed by atoms with Crippen molar-refractivity contribution in [3.63, 3.8) is 0 Å². The number of thioether (sulfide) groups is 1. The molecule has 0 radical (unpaired) electrons. The van der Waals surface area contributed by atoms with Crippen LogP contribution in [0.15, 0.2) is 12.2 Å². The molecule has 0 aliphatic rings. The molecule has 98 valence electrons. The smallest absolute Gasteiger partial charge is 0.216 e. The molecule has 17 heavy (non-hydrogen) atoms. The van der Waals surface area contributed by atoms with Crippen molar-refractivity contribution in [2.24, 2.45) is 0 Å². The van der Waals surface area contributed by atoms with E-state index >= 15 is 0 Å². The lowest BCUT2D eigenvalue weighted by atomic mass is 10.3.